The Morgan fingerprint density at radius 3 is 2.43 bits per heavy atom. The maximum atomic E-state index is 3.65. The van der Waals surface area contributed by atoms with Crippen LogP contribution in [0.3, 0.4) is 0 Å². The molecule has 3 nitrogen and oxygen atoms in total. The normalized spacial score (nSPS) is 21.4. The second-order valence-electron chi connectivity index (χ2n) is 6.99. The van der Waals surface area contributed by atoms with E-state index in [1.807, 2.05) is 0 Å². The van der Waals surface area contributed by atoms with Crippen molar-refractivity contribution in [2.75, 3.05) is 39.8 Å². The first-order valence-electron chi connectivity index (χ1n) is 8.16. The van der Waals surface area contributed by atoms with Crippen LogP contribution in [0, 0.1) is 6.92 Å². The molecule has 0 radical (unpaired) electrons. The number of rotatable bonds is 5. The molecule has 0 amide bonds. The highest BCUT2D eigenvalue weighted by molar-refractivity contribution is 5.24. The summed E-state index contributed by atoms with van der Waals surface area (Å²) in [7, 11) is 2.24. The molecular weight excluding hydrogens is 258 g/mol. The summed E-state index contributed by atoms with van der Waals surface area (Å²) >= 11 is 0. The van der Waals surface area contributed by atoms with Gasteiger partial charge >= 0.3 is 0 Å². The van der Waals surface area contributed by atoms with Crippen molar-refractivity contribution in [2.45, 2.75) is 39.3 Å². The van der Waals surface area contributed by atoms with Crippen molar-refractivity contribution in [3.8, 4) is 0 Å². The van der Waals surface area contributed by atoms with E-state index in [0.717, 1.165) is 32.7 Å². The van der Waals surface area contributed by atoms with Gasteiger partial charge in [-0.3, -0.25) is 9.80 Å². The molecule has 1 atom stereocenters. The second-order valence-corrected chi connectivity index (χ2v) is 6.99. The minimum absolute atomic E-state index is 0.266. The number of aryl methyl sites for hydroxylation is 1. The van der Waals surface area contributed by atoms with E-state index in [1.165, 1.54) is 11.1 Å². The molecule has 0 aliphatic carbocycles. The Labute approximate surface area is 130 Å². The van der Waals surface area contributed by atoms with Crippen molar-refractivity contribution in [3.05, 3.63) is 35.4 Å². The van der Waals surface area contributed by atoms with Gasteiger partial charge in [-0.1, -0.05) is 36.8 Å². The zero-order chi connectivity index (χ0) is 15.5. The predicted octanol–water partition coefficient (Wildman–Crippen LogP) is 2.67. The molecular formula is C18H31N3. The molecule has 1 fully saturated rings. The van der Waals surface area contributed by atoms with Gasteiger partial charge in [-0.25, -0.2) is 0 Å². The van der Waals surface area contributed by atoms with Gasteiger partial charge in [0.1, 0.15) is 0 Å². The highest BCUT2D eigenvalue weighted by atomic mass is 15.3. The molecule has 0 aromatic heterocycles. The van der Waals surface area contributed by atoms with E-state index in [-0.39, 0.29) is 5.54 Å². The van der Waals surface area contributed by atoms with E-state index < -0.39 is 0 Å². The minimum atomic E-state index is 0.266. The Morgan fingerprint density at radius 1 is 1.19 bits per heavy atom. The van der Waals surface area contributed by atoms with Crippen LogP contribution in [0.5, 0.6) is 0 Å². The third-order valence-electron chi connectivity index (χ3n) is 4.77. The zero-order valence-corrected chi connectivity index (χ0v) is 14.3. The number of nitrogens with one attached hydrogen (secondary N) is 1. The fourth-order valence-electron chi connectivity index (χ4n) is 3.09. The van der Waals surface area contributed by atoms with Crippen molar-refractivity contribution < 1.29 is 0 Å². The summed E-state index contributed by atoms with van der Waals surface area (Å²) in [6.45, 7) is 14.6. The Kier molecular flexibility index (Phi) is 5.42. The van der Waals surface area contributed by atoms with Crippen LogP contribution in [0.15, 0.2) is 24.3 Å². The largest absolute Gasteiger partial charge is 0.309 e. The molecule has 1 aromatic rings. The number of hydrogen-bond acceptors (Lipinski definition) is 3. The Hall–Kier alpha value is -0.900. The summed E-state index contributed by atoms with van der Waals surface area (Å²) < 4.78 is 0. The Morgan fingerprint density at radius 2 is 1.86 bits per heavy atom. The lowest BCUT2D eigenvalue weighted by Crippen LogP contribution is -2.58. The van der Waals surface area contributed by atoms with Crippen LogP contribution in [-0.4, -0.2) is 55.1 Å². The van der Waals surface area contributed by atoms with Crippen LogP contribution in [0.1, 0.15) is 37.9 Å². The fourth-order valence-corrected chi connectivity index (χ4v) is 3.09. The summed E-state index contributed by atoms with van der Waals surface area (Å²) in [4.78, 5) is 5.07. The second kappa shape index (κ2) is 6.91. The molecule has 2 rings (SSSR count). The summed E-state index contributed by atoms with van der Waals surface area (Å²) in [5.74, 6) is 0. The van der Waals surface area contributed by atoms with Gasteiger partial charge in [0, 0.05) is 37.8 Å². The third-order valence-corrected chi connectivity index (χ3v) is 4.77. The van der Waals surface area contributed by atoms with Crippen molar-refractivity contribution in [1.29, 1.82) is 0 Å². The van der Waals surface area contributed by atoms with Crippen LogP contribution < -0.4 is 5.32 Å². The maximum Gasteiger partial charge on any atom is 0.0449 e. The van der Waals surface area contributed by atoms with Gasteiger partial charge in [0.25, 0.3) is 0 Å². The summed E-state index contributed by atoms with van der Waals surface area (Å²) in [6, 6.07) is 9.39. The molecule has 1 aliphatic rings. The maximum absolute atomic E-state index is 3.65. The highest BCUT2D eigenvalue weighted by Crippen LogP contribution is 2.22. The van der Waals surface area contributed by atoms with E-state index in [9.17, 15) is 0 Å². The molecule has 1 heterocycles. The SMILES string of the molecule is CCNC(CN1CCN(C)C(C)(C)C1)c1ccc(C)cc1. The van der Waals surface area contributed by atoms with Gasteiger partial charge in [0.05, 0.1) is 0 Å². The lowest BCUT2D eigenvalue weighted by molar-refractivity contribution is 0.0352. The lowest BCUT2D eigenvalue weighted by atomic mass is 9.98. The van der Waals surface area contributed by atoms with Gasteiger partial charge in [-0.2, -0.15) is 0 Å². The molecule has 1 aromatic carbocycles. The standard InChI is InChI=1S/C18H31N3/c1-6-19-17(16-9-7-15(2)8-10-16)13-21-12-11-20(5)18(3,4)14-21/h7-10,17,19H,6,11-14H2,1-5H3. The first-order chi connectivity index (χ1) is 9.92. The average Bonchev–Trinajstić information content (AvgIpc) is 2.43. The van der Waals surface area contributed by atoms with E-state index in [1.54, 1.807) is 0 Å². The number of piperazine rings is 1. The first-order valence-corrected chi connectivity index (χ1v) is 8.16. The van der Waals surface area contributed by atoms with E-state index in [4.69, 9.17) is 0 Å². The van der Waals surface area contributed by atoms with Crippen LogP contribution in [0.2, 0.25) is 0 Å². The van der Waals surface area contributed by atoms with Crippen molar-refractivity contribution in [3.63, 3.8) is 0 Å². The molecule has 3 heteroatoms. The number of hydrogen-bond donors (Lipinski definition) is 1. The van der Waals surface area contributed by atoms with E-state index in [2.05, 4.69) is 74.1 Å². The zero-order valence-electron chi connectivity index (χ0n) is 14.3. The van der Waals surface area contributed by atoms with Gasteiger partial charge in [-0.15, -0.1) is 0 Å². The molecule has 1 aliphatic heterocycles. The quantitative estimate of drug-likeness (QED) is 0.899. The van der Waals surface area contributed by atoms with Gasteiger partial charge in [-0.05, 0) is 39.9 Å². The van der Waals surface area contributed by atoms with E-state index >= 15 is 0 Å². The molecule has 1 unspecified atom stereocenters. The summed E-state index contributed by atoms with van der Waals surface area (Å²) in [5, 5.41) is 3.65. The summed E-state index contributed by atoms with van der Waals surface area (Å²) in [6.07, 6.45) is 0. The van der Waals surface area contributed by atoms with Gasteiger partial charge in [0.15, 0.2) is 0 Å². The van der Waals surface area contributed by atoms with Crippen LogP contribution in [0.4, 0.5) is 0 Å². The van der Waals surface area contributed by atoms with Crippen molar-refractivity contribution in [2.24, 2.45) is 0 Å². The average molecular weight is 289 g/mol. The Balaban J connectivity index is 2.04. The summed E-state index contributed by atoms with van der Waals surface area (Å²) in [5.41, 5.74) is 3.00. The van der Waals surface area contributed by atoms with Crippen LogP contribution in [-0.2, 0) is 0 Å². The molecule has 1 saturated heterocycles. The topological polar surface area (TPSA) is 18.5 Å². The monoisotopic (exact) mass is 289 g/mol. The van der Waals surface area contributed by atoms with E-state index in [0.29, 0.717) is 6.04 Å². The third kappa shape index (κ3) is 4.29. The smallest absolute Gasteiger partial charge is 0.0449 e. The van der Waals surface area contributed by atoms with Crippen LogP contribution in [0.25, 0.3) is 0 Å². The fraction of sp³-hybridized carbons (Fsp3) is 0.667. The van der Waals surface area contributed by atoms with Gasteiger partial charge in [0.2, 0.25) is 0 Å². The van der Waals surface area contributed by atoms with Crippen molar-refractivity contribution in [1.82, 2.24) is 15.1 Å². The van der Waals surface area contributed by atoms with Crippen molar-refractivity contribution >= 4 is 0 Å². The van der Waals surface area contributed by atoms with Gasteiger partial charge < -0.3 is 5.32 Å². The highest BCUT2D eigenvalue weighted by Gasteiger charge is 2.31. The number of nitrogens with zero attached hydrogens (tertiary/aromatic N) is 2. The van der Waals surface area contributed by atoms with Crippen LogP contribution >= 0.6 is 0 Å². The molecule has 0 bridgehead atoms. The first kappa shape index (κ1) is 16.5. The molecule has 118 valence electrons. The Bertz CT molecular complexity index is 438. The minimum Gasteiger partial charge on any atom is -0.309 e. The number of benzene rings is 1. The predicted molar refractivity (Wildman–Crippen MR) is 90.7 cm³/mol. The number of likely N-dealkylation sites (N-methyl/N-ethyl adjacent to an activating group) is 2. The molecule has 21 heavy (non-hydrogen) atoms. The molecule has 0 saturated carbocycles. The molecule has 0 spiro atoms. The molecule has 1 N–H and O–H groups in total. The lowest BCUT2D eigenvalue weighted by Gasteiger charge is -2.46.